The second kappa shape index (κ2) is 11.8. The van der Waals surface area contributed by atoms with Gasteiger partial charge in [0.15, 0.2) is 11.6 Å². The lowest BCUT2D eigenvalue weighted by Gasteiger charge is -2.36. The molecule has 0 aliphatic heterocycles. The van der Waals surface area contributed by atoms with Crippen molar-refractivity contribution >= 4 is 40.0 Å². The van der Waals surface area contributed by atoms with Crippen molar-refractivity contribution in [1.29, 1.82) is 0 Å². The van der Waals surface area contributed by atoms with Gasteiger partial charge in [-0.25, -0.2) is 13.2 Å². The number of benzene rings is 3. The summed E-state index contributed by atoms with van der Waals surface area (Å²) < 4.78 is 190. The molecule has 44 heavy (non-hydrogen) atoms. The fourth-order valence-electron chi connectivity index (χ4n) is 3.88. The quantitative estimate of drug-likeness (QED) is 0.148. The number of carbonyl (C=O) groups excluding carboxylic acids is 2. The summed E-state index contributed by atoms with van der Waals surface area (Å²) in [5.41, 5.74) is -15.0. The van der Waals surface area contributed by atoms with Crippen LogP contribution in [0, 0.1) is 15.2 Å². The van der Waals surface area contributed by atoms with E-state index in [9.17, 15) is 66.7 Å². The van der Waals surface area contributed by atoms with Crippen molar-refractivity contribution in [2.75, 3.05) is 5.32 Å². The number of ketones is 1. The summed E-state index contributed by atoms with van der Waals surface area (Å²) in [6.45, 7) is 0. The van der Waals surface area contributed by atoms with Crippen LogP contribution >= 0.6 is 22.6 Å². The second-order valence-corrected chi connectivity index (χ2v) is 10.1. The number of amides is 1. The van der Waals surface area contributed by atoms with Crippen molar-refractivity contribution in [3.63, 3.8) is 0 Å². The molecular formula is C26H12F14INO2. The summed E-state index contributed by atoms with van der Waals surface area (Å²) in [6.07, 6.45) is -21.6. The Morgan fingerprint density at radius 3 is 1.82 bits per heavy atom. The molecule has 0 saturated carbocycles. The van der Waals surface area contributed by atoms with E-state index in [1.54, 1.807) is 0 Å². The van der Waals surface area contributed by atoms with Crippen molar-refractivity contribution in [3.8, 4) is 0 Å². The molecule has 0 spiro atoms. The molecule has 1 unspecified atom stereocenters. The highest BCUT2D eigenvalue weighted by molar-refractivity contribution is 14.1. The Kier molecular flexibility index (Phi) is 9.40. The molecule has 0 fully saturated rings. The smallest absolute Gasteiger partial charge is 0.319 e. The number of nitrogens with one attached hydrogen (secondary N) is 1. The third kappa shape index (κ3) is 6.49. The molecule has 1 N–H and O–H groups in total. The molecule has 0 saturated heterocycles. The molecule has 0 heterocycles. The first kappa shape index (κ1) is 35.0. The minimum Gasteiger partial charge on any atom is -0.319 e. The molecule has 1 atom stereocenters. The molecule has 0 aliphatic rings. The lowest BCUT2D eigenvalue weighted by Crippen LogP contribution is -2.59. The molecule has 0 bridgehead atoms. The van der Waals surface area contributed by atoms with Crippen LogP contribution in [-0.2, 0) is 18.3 Å². The van der Waals surface area contributed by atoms with Crippen molar-refractivity contribution in [2.45, 2.75) is 36.5 Å². The van der Waals surface area contributed by atoms with Gasteiger partial charge >= 0.3 is 30.1 Å². The monoisotopic (exact) mass is 763 g/mol. The summed E-state index contributed by atoms with van der Waals surface area (Å²) >= 11 is 0.772. The Morgan fingerprint density at radius 1 is 0.750 bits per heavy atom. The Morgan fingerprint density at radius 2 is 1.32 bits per heavy atom. The average Bonchev–Trinajstić information content (AvgIpc) is 2.88. The summed E-state index contributed by atoms with van der Waals surface area (Å²) in [4.78, 5) is 25.2. The van der Waals surface area contributed by atoms with E-state index in [2.05, 4.69) is 0 Å². The van der Waals surface area contributed by atoms with E-state index in [1.165, 1.54) is 0 Å². The fraction of sp³-hybridized carbons (Fsp3) is 0.231. The Balaban J connectivity index is 2.09. The molecular weight excluding hydrogens is 751 g/mol. The van der Waals surface area contributed by atoms with Gasteiger partial charge in [0.1, 0.15) is 5.82 Å². The van der Waals surface area contributed by atoms with Crippen molar-refractivity contribution in [1.82, 2.24) is 0 Å². The molecule has 3 aromatic carbocycles. The Hall–Kier alpha value is -3.45. The number of rotatable bonds is 7. The van der Waals surface area contributed by atoms with E-state index in [4.69, 9.17) is 0 Å². The third-order valence-corrected chi connectivity index (χ3v) is 7.03. The third-order valence-electron chi connectivity index (χ3n) is 6.07. The van der Waals surface area contributed by atoms with E-state index in [0.717, 1.165) is 65.1 Å². The highest BCUT2D eigenvalue weighted by Crippen LogP contribution is 2.59. The zero-order valence-corrected chi connectivity index (χ0v) is 23.0. The first-order valence-electron chi connectivity index (χ1n) is 11.4. The SMILES string of the molecule is O=C(Nc1cccc(C(=O)Cc2c(I)cc(C(F)(C(F)(F)F)C(F)(F)C(F)(F)F)cc2C(F)(F)F)c1F)c1ccc(F)cc1. The maximum absolute atomic E-state index is 15.1. The normalized spacial score (nSPS) is 14.2. The van der Waals surface area contributed by atoms with E-state index >= 15 is 4.39 Å². The Labute approximate surface area is 250 Å². The van der Waals surface area contributed by atoms with Crippen molar-refractivity contribution in [2.24, 2.45) is 0 Å². The van der Waals surface area contributed by atoms with Gasteiger partial charge in [-0.2, -0.15) is 48.3 Å². The first-order chi connectivity index (χ1) is 19.9. The van der Waals surface area contributed by atoms with Crippen molar-refractivity contribution < 1.29 is 71.1 Å². The highest BCUT2D eigenvalue weighted by Gasteiger charge is 2.81. The van der Waals surface area contributed by atoms with Gasteiger partial charge in [-0.15, -0.1) is 0 Å². The predicted octanol–water partition coefficient (Wildman–Crippen LogP) is 9.19. The number of halogens is 15. The standard InChI is InChI=1S/C26H12F14INO2/c27-13-6-4-11(5-7-13)21(44)42-18-3-1-2-14(20(18)28)19(43)10-15-16(23(30,31)32)8-12(9-17(15)41)22(29,25(35,36)37)24(33,34)26(38,39)40/h1-9H,10H2,(H,42,44). The van der Waals surface area contributed by atoms with Crippen LogP contribution in [0.1, 0.15) is 37.4 Å². The van der Waals surface area contributed by atoms with Crippen LogP contribution < -0.4 is 5.32 Å². The van der Waals surface area contributed by atoms with Gasteiger partial charge < -0.3 is 5.32 Å². The van der Waals surface area contributed by atoms with Crippen LogP contribution in [0.3, 0.4) is 0 Å². The van der Waals surface area contributed by atoms with Crippen LogP contribution in [-0.4, -0.2) is 30.0 Å². The Bertz CT molecular complexity index is 1580. The van der Waals surface area contributed by atoms with E-state index in [0.29, 0.717) is 0 Å². The number of alkyl halides is 12. The number of Topliss-reactive ketones (excluding diaryl/α,β-unsaturated/α-hetero) is 1. The lowest BCUT2D eigenvalue weighted by atomic mass is 9.85. The van der Waals surface area contributed by atoms with Gasteiger partial charge in [0.25, 0.3) is 5.91 Å². The van der Waals surface area contributed by atoms with Crippen LogP contribution in [0.4, 0.5) is 67.2 Å². The van der Waals surface area contributed by atoms with Crippen LogP contribution in [0.15, 0.2) is 54.6 Å². The largest absolute Gasteiger partial charge is 0.457 e. The van der Waals surface area contributed by atoms with E-state index < -0.39 is 97.4 Å². The number of hydrogen-bond donors (Lipinski definition) is 1. The van der Waals surface area contributed by atoms with Gasteiger partial charge in [0.2, 0.25) is 0 Å². The number of carbonyl (C=O) groups is 2. The van der Waals surface area contributed by atoms with Gasteiger partial charge in [0.05, 0.1) is 16.8 Å². The number of anilines is 1. The molecule has 1 amide bonds. The van der Waals surface area contributed by atoms with Gasteiger partial charge in [-0.05, 0) is 76.7 Å². The molecule has 0 radical (unpaired) electrons. The van der Waals surface area contributed by atoms with Gasteiger partial charge in [-0.3, -0.25) is 9.59 Å². The minimum absolute atomic E-state index is 0.175. The van der Waals surface area contributed by atoms with Crippen LogP contribution in [0.25, 0.3) is 0 Å². The average molecular weight is 763 g/mol. The zero-order valence-electron chi connectivity index (χ0n) is 20.9. The summed E-state index contributed by atoms with van der Waals surface area (Å²) in [6, 6.07) is 5.15. The molecule has 0 aromatic heterocycles. The first-order valence-corrected chi connectivity index (χ1v) is 12.5. The van der Waals surface area contributed by atoms with Gasteiger partial charge in [0, 0.05) is 21.1 Å². The second-order valence-electron chi connectivity index (χ2n) is 8.94. The molecule has 3 aromatic rings. The van der Waals surface area contributed by atoms with Crippen LogP contribution in [0.2, 0.25) is 0 Å². The number of hydrogen-bond acceptors (Lipinski definition) is 2. The molecule has 3 rings (SSSR count). The molecule has 18 heteroatoms. The molecule has 0 aliphatic carbocycles. The maximum Gasteiger partial charge on any atom is 0.457 e. The van der Waals surface area contributed by atoms with Gasteiger partial charge in [-0.1, -0.05) is 6.07 Å². The zero-order chi connectivity index (χ0) is 33.6. The predicted molar refractivity (Wildman–Crippen MR) is 133 cm³/mol. The topological polar surface area (TPSA) is 46.2 Å². The molecule has 3 nitrogen and oxygen atoms in total. The fourth-order valence-corrected chi connectivity index (χ4v) is 4.70. The lowest BCUT2D eigenvalue weighted by molar-refractivity contribution is -0.389. The summed E-state index contributed by atoms with van der Waals surface area (Å²) in [5, 5.41) is 2.04. The van der Waals surface area contributed by atoms with Crippen molar-refractivity contribution in [3.05, 3.63) is 97.6 Å². The maximum atomic E-state index is 15.1. The van der Waals surface area contributed by atoms with E-state index in [-0.39, 0.29) is 11.6 Å². The summed E-state index contributed by atoms with van der Waals surface area (Å²) in [5.74, 6) is -12.0. The molecule has 238 valence electrons. The van der Waals surface area contributed by atoms with Crippen LogP contribution in [0.5, 0.6) is 0 Å². The minimum atomic E-state index is -7.26. The van der Waals surface area contributed by atoms with E-state index in [1.807, 2.05) is 5.32 Å². The summed E-state index contributed by atoms with van der Waals surface area (Å²) in [7, 11) is 0. The highest BCUT2D eigenvalue weighted by atomic mass is 127.